The first kappa shape index (κ1) is 19.1. The van der Waals surface area contributed by atoms with Crippen LogP contribution in [0.2, 0.25) is 0 Å². The highest BCUT2D eigenvalue weighted by molar-refractivity contribution is 6.01. The number of likely N-dealkylation sites (N-methyl/N-ethyl adjacent to an activating group) is 1. The van der Waals surface area contributed by atoms with Crippen LogP contribution in [-0.2, 0) is 22.6 Å². The van der Waals surface area contributed by atoms with E-state index in [2.05, 4.69) is 15.8 Å². The van der Waals surface area contributed by atoms with Crippen LogP contribution in [0.15, 0.2) is 53.1 Å². The molecular weight excluding hydrogens is 368 g/mol. The molecule has 4 rings (SSSR count). The summed E-state index contributed by atoms with van der Waals surface area (Å²) in [4.78, 5) is 27.6. The molecule has 7 heteroatoms. The van der Waals surface area contributed by atoms with Gasteiger partial charge in [-0.2, -0.15) is 0 Å². The van der Waals surface area contributed by atoms with E-state index in [1.807, 2.05) is 48.5 Å². The minimum atomic E-state index is -0.594. The molecule has 1 aliphatic rings. The van der Waals surface area contributed by atoms with Crippen molar-refractivity contribution in [2.75, 3.05) is 11.9 Å². The molecular formula is C22H24N4O3. The molecule has 0 saturated heterocycles. The number of benzene rings is 2. The summed E-state index contributed by atoms with van der Waals surface area (Å²) >= 11 is 0. The summed E-state index contributed by atoms with van der Waals surface area (Å²) < 4.78 is 5.42. The number of para-hydroxylation sites is 2. The standard InChI is InChI=1S/C22H24N4O3/c1-14(23-2)21(27)24-17-12-11-15-7-3-5-9-19(15)26(22(17)28)13-18-16-8-4-6-10-20(16)29-25-18/h3-10,14,17,23H,11-13H2,1-2H3,(H,24,27)/t14?,17-/m0/s1. The van der Waals surface area contributed by atoms with Crippen molar-refractivity contribution < 1.29 is 14.1 Å². The summed E-state index contributed by atoms with van der Waals surface area (Å²) in [6.45, 7) is 2.05. The van der Waals surface area contributed by atoms with Crippen LogP contribution in [0, 0.1) is 0 Å². The smallest absolute Gasteiger partial charge is 0.249 e. The average molecular weight is 392 g/mol. The van der Waals surface area contributed by atoms with Crippen molar-refractivity contribution in [2.24, 2.45) is 0 Å². The number of carbonyl (C=O) groups excluding carboxylic acids is 2. The second-order valence-electron chi connectivity index (χ2n) is 7.29. The summed E-state index contributed by atoms with van der Waals surface area (Å²) in [7, 11) is 1.72. The minimum absolute atomic E-state index is 0.140. The molecule has 2 atom stereocenters. The summed E-state index contributed by atoms with van der Waals surface area (Å²) in [5.41, 5.74) is 3.31. The lowest BCUT2D eigenvalue weighted by Crippen LogP contribution is -2.52. The van der Waals surface area contributed by atoms with E-state index in [0.29, 0.717) is 24.1 Å². The Balaban J connectivity index is 1.68. The van der Waals surface area contributed by atoms with Gasteiger partial charge in [0.25, 0.3) is 0 Å². The third kappa shape index (κ3) is 3.73. The number of hydrogen-bond donors (Lipinski definition) is 2. The van der Waals surface area contributed by atoms with Gasteiger partial charge in [-0.1, -0.05) is 35.5 Å². The van der Waals surface area contributed by atoms with Crippen LogP contribution in [-0.4, -0.2) is 36.1 Å². The topological polar surface area (TPSA) is 87.5 Å². The molecule has 2 amide bonds. The molecule has 0 spiro atoms. The van der Waals surface area contributed by atoms with E-state index in [1.165, 1.54) is 0 Å². The molecule has 7 nitrogen and oxygen atoms in total. The molecule has 3 aromatic rings. The summed E-state index contributed by atoms with van der Waals surface area (Å²) in [6, 6.07) is 14.5. The van der Waals surface area contributed by atoms with Gasteiger partial charge in [0.05, 0.1) is 12.6 Å². The quantitative estimate of drug-likeness (QED) is 0.696. The predicted octanol–water partition coefficient (Wildman–Crippen LogP) is 2.40. The Labute approximate surface area is 169 Å². The molecule has 1 aliphatic heterocycles. The van der Waals surface area contributed by atoms with Gasteiger partial charge < -0.3 is 20.1 Å². The van der Waals surface area contributed by atoms with E-state index in [1.54, 1.807) is 18.9 Å². The number of carbonyl (C=O) groups is 2. The van der Waals surface area contributed by atoms with Crippen LogP contribution in [0.5, 0.6) is 0 Å². The normalized spacial score (nSPS) is 17.7. The van der Waals surface area contributed by atoms with Crippen LogP contribution in [0.3, 0.4) is 0 Å². The van der Waals surface area contributed by atoms with Crippen molar-refractivity contribution >= 4 is 28.5 Å². The van der Waals surface area contributed by atoms with E-state index < -0.39 is 6.04 Å². The number of amides is 2. The number of nitrogens with one attached hydrogen (secondary N) is 2. The maximum absolute atomic E-state index is 13.4. The van der Waals surface area contributed by atoms with Gasteiger partial charge >= 0.3 is 0 Å². The number of nitrogens with zero attached hydrogens (tertiary/aromatic N) is 2. The van der Waals surface area contributed by atoms with Gasteiger partial charge in [0.15, 0.2) is 5.58 Å². The Bertz CT molecular complexity index is 1050. The van der Waals surface area contributed by atoms with E-state index in [4.69, 9.17) is 4.52 Å². The van der Waals surface area contributed by atoms with Crippen molar-refractivity contribution in [1.29, 1.82) is 0 Å². The first-order chi connectivity index (χ1) is 14.1. The molecule has 2 aromatic carbocycles. The first-order valence-corrected chi connectivity index (χ1v) is 9.78. The lowest BCUT2D eigenvalue weighted by molar-refractivity contribution is -0.128. The average Bonchev–Trinajstić information content (AvgIpc) is 3.11. The maximum Gasteiger partial charge on any atom is 0.249 e. The van der Waals surface area contributed by atoms with Crippen LogP contribution in [0.25, 0.3) is 11.0 Å². The molecule has 150 valence electrons. The van der Waals surface area contributed by atoms with Crippen LogP contribution in [0.4, 0.5) is 5.69 Å². The Morgan fingerprint density at radius 2 is 2.00 bits per heavy atom. The molecule has 0 saturated carbocycles. The number of aromatic nitrogens is 1. The van der Waals surface area contributed by atoms with Crippen molar-refractivity contribution in [3.8, 4) is 0 Å². The van der Waals surface area contributed by atoms with E-state index in [-0.39, 0.29) is 24.4 Å². The number of fused-ring (bicyclic) bond motifs is 2. The van der Waals surface area contributed by atoms with E-state index in [9.17, 15) is 9.59 Å². The molecule has 0 fully saturated rings. The van der Waals surface area contributed by atoms with Gasteiger partial charge in [0.1, 0.15) is 11.7 Å². The van der Waals surface area contributed by atoms with Crippen molar-refractivity contribution in [2.45, 2.75) is 38.4 Å². The van der Waals surface area contributed by atoms with Gasteiger partial charge in [0, 0.05) is 11.1 Å². The van der Waals surface area contributed by atoms with Crippen molar-refractivity contribution in [3.05, 3.63) is 59.8 Å². The number of aryl methyl sites for hydroxylation is 1. The van der Waals surface area contributed by atoms with E-state index >= 15 is 0 Å². The summed E-state index contributed by atoms with van der Waals surface area (Å²) in [6.07, 6.45) is 1.25. The largest absolute Gasteiger partial charge is 0.356 e. The fourth-order valence-corrected chi connectivity index (χ4v) is 3.64. The molecule has 0 bridgehead atoms. The number of hydrogen-bond acceptors (Lipinski definition) is 5. The zero-order valence-electron chi connectivity index (χ0n) is 16.5. The fraction of sp³-hybridized carbons (Fsp3) is 0.318. The Kier molecular flexibility index (Phi) is 5.31. The van der Waals surface area contributed by atoms with Gasteiger partial charge in [-0.25, -0.2) is 0 Å². The minimum Gasteiger partial charge on any atom is -0.356 e. The molecule has 0 aliphatic carbocycles. The SMILES string of the molecule is CNC(C)C(=O)N[C@H]1CCc2ccccc2N(Cc2noc3ccccc23)C1=O. The van der Waals surface area contributed by atoms with E-state index in [0.717, 1.165) is 16.6 Å². The second-order valence-corrected chi connectivity index (χ2v) is 7.29. The molecule has 1 unspecified atom stereocenters. The van der Waals surface area contributed by atoms with Crippen LogP contribution in [0.1, 0.15) is 24.6 Å². The zero-order chi connectivity index (χ0) is 20.4. The summed E-state index contributed by atoms with van der Waals surface area (Å²) in [5, 5.41) is 10.9. The van der Waals surface area contributed by atoms with Crippen LogP contribution >= 0.6 is 0 Å². The maximum atomic E-state index is 13.4. The fourth-order valence-electron chi connectivity index (χ4n) is 3.64. The van der Waals surface area contributed by atoms with Gasteiger partial charge in [0.2, 0.25) is 11.8 Å². The second kappa shape index (κ2) is 8.05. The molecule has 1 aromatic heterocycles. The third-order valence-corrected chi connectivity index (χ3v) is 5.45. The number of rotatable bonds is 5. The lowest BCUT2D eigenvalue weighted by Gasteiger charge is -2.26. The highest BCUT2D eigenvalue weighted by Gasteiger charge is 2.32. The highest BCUT2D eigenvalue weighted by Crippen LogP contribution is 2.30. The Morgan fingerprint density at radius 3 is 2.83 bits per heavy atom. The van der Waals surface area contributed by atoms with Gasteiger partial charge in [-0.3, -0.25) is 9.59 Å². The number of anilines is 1. The van der Waals surface area contributed by atoms with Gasteiger partial charge in [-0.15, -0.1) is 0 Å². The zero-order valence-corrected chi connectivity index (χ0v) is 16.5. The first-order valence-electron chi connectivity index (χ1n) is 9.78. The summed E-state index contributed by atoms with van der Waals surface area (Å²) in [5.74, 6) is -0.331. The van der Waals surface area contributed by atoms with Gasteiger partial charge in [-0.05, 0) is 50.6 Å². The Morgan fingerprint density at radius 1 is 1.24 bits per heavy atom. The van der Waals surface area contributed by atoms with Crippen molar-refractivity contribution in [1.82, 2.24) is 15.8 Å². The third-order valence-electron chi connectivity index (χ3n) is 5.45. The molecule has 0 radical (unpaired) electrons. The predicted molar refractivity (Wildman–Crippen MR) is 110 cm³/mol. The lowest BCUT2D eigenvalue weighted by atomic mass is 10.1. The van der Waals surface area contributed by atoms with Crippen LogP contribution < -0.4 is 15.5 Å². The molecule has 29 heavy (non-hydrogen) atoms. The highest BCUT2D eigenvalue weighted by atomic mass is 16.5. The molecule has 2 N–H and O–H groups in total. The monoisotopic (exact) mass is 392 g/mol. The Hall–Kier alpha value is -3.19. The van der Waals surface area contributed by atoms with Crippen molar-refractivity contribution in [3.63, 3.8) is 0 Å². The molecule has 2 heterocycles.